The number of hydrogen-bond donors (Lipinski definition) is 1. The zero-order chi connectivity index (χ0) is 19.7. The van der Waals surface area contributed by atoms with Crippen molar-refractivity contribution in [3.63, 3.8) is 0 Å². The van der Waals surface area contributed by atoms with E-state index in [0.29, 0.717) is 12.4 Å². The zero-order valence-electron chi connectivity index (χ0n) is 14.7. The highest BCUT2D eigenvalue weighted by Gasteiger charge is 2.30. The SMILES string of the molecule is Cc1coc(CN2C=c3cc(-c4ccc(OC(F)(F)F)cc4)ccc3=NN2)n1. The number of nitrogens with one attached hydrogen (secondary N) is 1. The summed E-state index contributed by atoms with van der Waals surface area (Å²) in [6, 6.07) is 11.3. The predicted molar refractivity (Wildman–Crippen MR) is 93.7 cm³/mol. The van der Waals surface area contributed by atoms with Gasteiger partial charge in [-0.1, -0.05) is 18.2 Å². The number of fused-ring (bicyclic) bond motifs is 1. The second-order valence-electron chi connectivity index (χ2n) is 6.20. The van der Waals surface area contributed by atoms with Crippen molar-refractivity contribution in [1.82, 2.24) is 15.5 Å². The summed E-state index contributed by atoms with van der Waals surface area (Å²) in [6.45, 7) is 2.24. The molecular formula is C19H15F3N4O2. The van der Waals surface area contributed by atoms with Crippen LogP contribution in [0.25, 0.3) is 17.3 Å². The number of benzene rings is 2. The third-order valence-electron chi connectivity index (χ3n) is 4.01. The Bertz CT molecular complexity index is 1110. The number of rotatable bonds is 4. The number of ether oxygens (including phenoxy) is 1. The number of aryl methyl sites for hydroxylation is 1. The molecule has 1 aliphatic heterocycles. The Hall–Kier alpha value is -3.49. The van der Waals surface area contributed by atoms with E-state index in [4.69, 9.17) is 4.42 Å². The molecule has 3 aromatic rings. The van der Waals surface area contributed by atoms with E-state index in [0.717, 1.165) is 27.4 Å². The van der Waals surface area contributed by atoms with Gasteiger partial charge in [0.1, 0.15) is 18.6 Å². The highest BCUT2D eigenvalue weighted by molar-refractivity contribution is 5.64. The topological polar surface area (TPSA) is 62.9 Å². The summed E-state index contributed by atoms with van der Waals surface area (Å²) in [4.78, 5) is 4.26. The van der Waals surface area contributed by atoms with Crippen LogP contribution < -0.4 is 20.8 Å². The maximum absolute atomic E-state index is 12.3. The summed E-state index contributed by atoms with van der Waals surface area (Å²) < 4.78 is 46.1. The van der Waals surface area contributed by atoms with Crippen LogP contribution in [0.1, 0.15) is 11.6 Å². The summed E-state index contributed by atoms with van der Waals surface area (Å²) in [5.74, 6) is 0.295. The van der Waals surface area contributed by atoms with Crippen molar-refractivity contribution in [2.24, 2.45) is 5.10 Å². The smallest absolute Gasteiger partial charge is 0.447 e. The fourth-order valence-corrected chi connectivity index (χ4v) is 2.81. The van der Waals surface area contributed by atoms with Crippen molar-refractivity contribution in [1.29, 1.82) is 0 Å². The molecule has 0 atom stereocenters. The fraction of sp³-hybridized carbons (Fsp3) is 0.158. The second-order valence-corrected chi connectivity index (χ2v) is 6.20. The molecule has 6 nitrogen and oxygen atoms in total. The lowest BCUT2D eigenvalue weighted by Gasteiger charge is -2.20. The molecule has 0 aliphatic carbocycles. The minimum absolute atomic E-state index is 0.257. The molecule has 0 spiro atoms. The van der Waals surface area contributed by atoms with Gasteiger partial charge < -0.3 is 9.15 Å². The van der Waals surface area contributed by atoms with E-state index in [2.05, 4.69) is 20.4 Å². The number of halogens is 3. The van der Waals surface area contributed by atoms with Crippen LogP contribution in [0.5, 0.6) is 5.75 Å². The number of alkyl halides is 3. The molecule has 0 saturated carbocycles. The van der Waals surface area contributed by atoms with Crippen molar-refractivity contribution in [2.45, 2.75) is 19.8 Å². The average Bonchev–Trinajstić information content (AvgIpc) is 3.05. The Morgan fingerprint density at radius 2 is 1.86 bits per heavy atom. The first-order valence-electron chi connectivity index (χ1n) is 8.35. The minimum Gasteiger partial charge on any atom is -0.447 e. The maximum atomic E-state index is 12.3. The second kappa shape index (κ2) is 6.91. The van der Waals surface area contributed by atoms with Crippen molar-refractivity contribution in [3.8, 4) is 16.9 Å². The molecule has 4 rings (SSSR count). The van der Waals surface area contributed by atoms with Crippen LogP contribution in [0.3, 0.4) is 0 Å². The van der Waals surface area contributed by atoms with Crippen LogP contribution in [0.4, 0.5) is 13.2 Å². The molecule has 0 unspecified atom stereocenters. The van der Waals surface area contributed by atoms with Crippen molar-refractivity contribution in [3.05, 3.63) is 70.9 Å². The zero-order valence-corrected chi connectivity index (χ0v) is 14.7. The number of nitrogens with zero attached hydrogens (tertiary/aromatic N) is 3. The molecule has 0 saturated heterocycles. The van der Waals surface area contributed by atoms with Gasteiger partial charge in [-0.3, -0.25) is 5.01 Å². The Labute approximate surface area is 157 Å². The lowest BCUT2D eigenvalue weighted by Crippen LogP contribution is -2.42. The first-order valence-corrected chi connectivity index (χ1v) is 8.35. The molecule has 0 fully saturated rings. The van der Waals surface area contributed by atoms with Crippen molar-refractivity contribution in [2.75, 3.05) is 0 Å². The summed E-state index contributed by atoms with van der Waals surface area (Å²) in [6.07, 6.45) is -1.26. The normalized spacial score (nSPS) is 13.2. The molecule has 2 heterocycles. The van der Waals surface area contributed by atoms with Gasteiger partial charge in [0.2, 0.25) is 5.89 Å². The molecule has 1 aliphatic rings. The van der Waals surface area contributed by atoms with Gasteiger partial charge in [0.25, 0.3) is 0 Å². The molecule has 9 heteroatoms. The van der Waals surface area contributed by atoms with Gasteiger partial charge in [0.15, 0.2) is 0 Å². The maximum Gasteiger partial charge on any atom is 0.573 e. The fourth-order valence-electron chi connectivity index (χ4n) is 2.81. The Morgan fingerprint density at radius 3 is 2.54 bits per heavy atom. The molecule has 28 heavy (non-hydrogen) atoms. The van der Waals surface area contributed by atoms with E-state index >= 15 is 0 Å². The van der Waals surface area contributed by atoms with E-state index < -0.39 is 6.36 Å². The average molecular weight is 388 g/mol. The third-order valence-corrected chi connectivity index (χ3v) is 4.01. The first-order chi connectivity index (χ1) is 13.4. The minimum atomic E-state index is -4.71. The summed E-state index contributed by atoms with van der Waals surface area (Å²) in [7, 11) is 0. The Kier molecular flexibility index (Phi) is 4.42. The highest BCUT2D eigenvalue weighted by Crippen LogP contribution is 2.25. The third kappa shape index (κ3) is 4.08. The van der Waals surface area contributed by atoms with Gasteiger partial charge in [0.05, 0.1) is 11.1 Å². The van der Waals surface area contributed by atoms with E-state index in [1.54, 1.807) is 23.4 Å². The van der Waals surface area contributed by atoms with E-state index in [1.807, 2.05) is 31.3 Å². The lowest BCUT2D eigenvalue weighted by molar-refractivity contribution is -0.274. The molecule has 144 valence electrons. The van der Waals surface area contributed by atoms with Gasteiger partial charge in [-0.05, 0) is 42.3 Å². The molecule has 0 radical (unpaired) electrons. The molecular weight excluding hydrogens is 373 g/mol. The quantitative estimate of drug-likeness (QED) is 0.745. The summed E-state index contributed by atoms with van der Waals surface area (Å²) >= 11 is 0. The van der Waals surface area contributed by atoms with Gasteiger partial charge in [-0.15, -0.1) is 13.2 Å². The van der Waals surface area contributed by atoms with E-state index in [1.165, 1.54) is 12.1 Å². The predicted octanol–water partition coefficient (Wildman–Crippen LogP) is 2.84. The lowest BCUT2D eigenvalue weighted by atomic mass is 10.0. The van der Waals surface area contributed by atoms with Crippen LogP contribution in [0.15, 0.2) is 58.2 Å². The molecule has 0 bridgehead atoms. The van der Waals surface area contributed by atoms with Crippen LogP contribution in [-0.4, -0.2) is 16.4 Å². The van der Waals surface area contributed by atoms with Crippen LogP contribution >= 0.6 is 0 Å². The molecule has 2 aromatic carbocycles. The number of aromatic nitrogens is 1. The molecule has 1 N–H and O–H groups in total. The number of hydrogen-bond acceptors (Lipinski definition) is 6. The first kappa shape index (κ1) is 17.9. The van der Waals surface area contributed by atoms with Gasteiger partial charge in [-0.2, -0.15) is 5.10 Å². The Balaban J connectivity index is 1.58. The number of hydrazine groups is 1. The largest absolute Gasteiger partial charge is 0.573 e. The summed E-state index contributed by atoms with van der Waals surface area (Å²) in [5.41, 5.74) is 5.31. The van der Waals surface area contributed by atoms with Gasteiger partial charge >= 0.3 is 6.36 Å². The summed E-state index contributed by atoms with van der Waals surface area (Å²) in [5, 5.41) is 7.64. The van der Waals surface area contributed by atoms with E-state index in [-0.39, 0.29) is 5.75 Å². The molecule has 1 aromatic heterocycles. The number of oxazole rings is 1. The van der Waals surface area contributed by atoms with E-state index in [9.17, 15) is 13.2 Å². The van der Waals surface area contributed by atoms with Gasteiger partial charge in [0, 0.05) is 11.4 Å². The van der Waals surface area contributed by atoms with Crippen molar-refractivity contribution >= 4 is 6.20 Å². The van der Waals surface area contributed by atoms with Crippen molar-refractivity contribution < 1.29 is 22.3 Å². The van der Waals surface area contributed by atoms with Crippen LogP contribution in [0, 0.1) is 6.92 Å². The van der Waals surface area contributed by atoms with Crippen LogP contribution in [-0.2, 0) is 6.54 Å². The highest BCUT2D eigenvalue weighted by atomic mass is 19.4. The Morgan fingerprint density at radius 1 is 1.11 bits per heavy atom. The standard InChI is InChI=1S/C19H15F3N4O2/c1-12-11-27-18(23-12)10-26-9-15-8-14(4-7-17(15)24-25-26)13-2-5-16(6-3-13)28-19(20,21)22/h2-9,11,25H,10H2,1H3. The van der Waals surface area contributed by atoms with Crippen LogP contribution in [0.2, 0.25) is 0 Å². The molecule has 0 amide bonds. The van der Waals surface area contributed by atoms with Gasteiger partial charge in [-0.25, -0.2) is 10.5 Å². The monoisotopic (exact) mass is 388 g/mol.